The number of nitrogens with one attached hydrogen (secondary N) is 2. The molecule has 0 radical (unpaired) electrons. The summed E-state index contributed by atoms with van der Waals surface area (Å²) >= 11 is 0. The number of aliphatic hydroxyl groups is 1. The second-order valence-corrected chi connectivity index (χ2v) is 4.37. The molecule has 1 aliphatic rings. The van der Waals surface area contributed by atoms with Crippen LogP contribution >= 0.6 is 0 Å². The Morgan fingerprint density at radius 3 is 2.88 bits per heavy atom. The van der Waals surface area contributed by atoms with Crippen LogP contribution in [0.3, 0.4) is 0 Å². The van der Waals surface area contributed by atoms with Crippen LogP contribution in [0.2, 0.25) is 0 Å². The van der Waals surface area contributed by atoms with Crippen molar-refractivity contribution in [3.8, 4) is 0 Å². The lowest BCUT2D eigenvalue weighted by atomic mass is 10.1. The summed E-state index contributed by atoms with van der Waals surface area (Å²) in [7, 11) is 1.86. The fourth-order valence-corrected chi connectivity index (χ4v) is 2.16. The van der Waals surface area contributed by atoms with Crippen LogP contribution in [0, 0.1) is 5.92 Å². The highest BCUT2D eigenvalue weighted by molar-refractivity contribution is 5.44. The van der Waals surface area contributed by atoms with Gasteiger partial charge in [-0.05, 0) is 37.3 Å². The van der Waals surface area contributed by atoms with E-state index in [-0.39, 0.29) is 6.10 Å². The molecule has 1 aliphatic carbocycles. The Bertz CT molecular complexity index is 343. The molecule has 1 fully saturated rings. The Balaban J connectivity index is 1.84. The molecule has 2 unspecified atom stereocenters. The number of anilines is 2. The van der Waals surface area contributed by atoms with Gasteiger partial charge >= 0.3 is 0 Å². The monoisotopic (exact) mass is 221 g/mol. The summed E-state index contributed by atoms with van der Waals surface area (Å²) in [5.41, 5.74) is 0. The first kappa shape index (κ1) is 11.2. The molecule has 0 spiro atoms. The number of pyridine rings is 1. The van der Waals surface area contributed by atoms with Gasteiger partial charge in [0.2, 0.25) is 0 Å². The van der Waals surface area contributed by atoms with Crippen molar-refractivity contribution < 1.29 is 5.11 Å². The second kappa shape index (κ2) is 5.16. The lowest BCUT2D eigenvalue weighted by molar-refractivity contribution is 0.178. The van der Waals surface area contributed by atoms with Crippen LogP contribution in [-0.4, -0.2) is 29.8 Å². The van der Waals surface area contributed by atoms with Crippen molar-refractivity contribution >= 4 is 11.6 Å². The predicted molar refractivity (Wildman–Crippen MR) is 65.6 cm³/mol. The molecule has 0 amide bonds. The van der Waals surface area contributed by atoms with Crippen molar-refractivity contribution in [2.75, 3.05) is 24.2 Å². The van der Waals surface area contributed by atoms with E-state index in [1.54, 1.807) is 0 Å². The van der Waals surface area contributed by atoms with Crippen molar-refractivity contribution in [1.82, 2.24) is 4.98 Å². The Morgan fingerprint density at radius 1 is 1.38 bits per heavy atom. The van der Waals surface area contributed by atoms with Gasteiger partial charge in [0.25, 0.3) is 0 Å². The number of hydrogen-bond acceptors (Lipinski definition) is 4. The topological polar surface area (TPSA) is 57.2 Å². The zero-order valence-corrected chi connectivity index (χ0v) is 9.61. The molecule has 2 atom stereocenters. The first-order chi connectivity index (χ1) is 7.78. The number of nitrogens with zero attached hydrogens (tertiary/aromatic N) is 1. The molecule has 0 saturated heterocycles. The van der Waals surface area contributed by atoms with E-state index in [1.165, 1.54) is 0 Å². The van der Waals surface area contributed by atoms with Crippen molar-refractivity contribution in [1.29, 1.82) is 0 Å². The zero-order chi connectivity index (χ0) is 11.4. The summed E-state index contributed by atoms with van der Waals surface area (Å²) in [5.74, 6) is 2.35. The summed E-state index contributed by atoms with van der Waals surface area (Å²) in [6.45, 7) is 0.900. The largest absolute Gasteiger partial charge is 0.393 e. The van der Waals surface area contributed by atoms with Gasteiger partial charge in [-0.3, -0.25) is 0 Å². The summed E-state index contributed by atoms with van der Waals surface area (Å²) < 4.78 is 0. The molecular formula is C12H19N3O. The minimum atomic E-state index is -0.0941. The lowest BCUT2D eigenvalue weighted by Gasteiger charge is -2.11. The van der Waals surface area contributed by atoms with Crippen molar-refractivity contribution in [3.05, 3.63) is 18.2 Å². The van der Waals surface area contributed by atoms with Crippen LogP contribution < -0.4 is 10.6 Å². The van der Waals surface area contributed by atoms with E-state index < -0.39 is 0 Å². The van der Waals surface area contributed by atoms with Crippen LogP contribution in [0.15, 0.2) is 18.2 Å². The fraction of sp³-hybridized carbons (Fsp3) is 0.583. The van der Waals surface area contributed by atoms with Crippen molar-refractivity contribution in [2.24, 2.45) is 5.92 Å². The fourth-order valence-electron chi connectivity index (χ4n) is 2.16. The van der Waals surface area contributed by atoms with Crippen LogP contribution in [-0.2, 0) is 0 Å². The van der Waals surface area contributed by atoms with Gasteiger partial charge in [0.15, 0.2) is 0 Å². The molecule has 4 heteroatoms. The van der Waals surface area contributed by atoms with E-state index in [0.717, 1.165) is 37.4 Å². The lowest BCUT2D eigenvalue weighted by Crippen LogP contribution is -2.13. The molecule has 1 aromatic rings. The van der Waals surface area contributed by atoms with Crippen LogP contribution in [0.1, 0.15) is 19.3 Å². The van der Waals surface area contributed by atoms with Gasteiger partial charge in [-0.15, -0.1) is 0 Å². The molecule has 2 rings (SSSR count). The van der Waals surface area contributed by atoms with E-state index >= 15 is 0 Å². The third-order valence-electron chi connectivity index (χ3n) is 3.09. The summed E-state index contributed by atoms with van der Waals surface area (Å²) in [6, 6.07) is 5.88. The summed E-state index contributed by atoms with van der Waals surface area (Å²) in [4.78, 5) is 4.39. The summed E-state index contributed by atoms with van der Waals surface area (Å²) in [6.07, 6.45) is 2.87. The molecule has 4 nitrogen and oxygen atoms in total. The molecule has 1 aromatic heterocycles. The van der Waals surface area contributed by atoms with Crippen molar-refractivity contribution in [3.63, 3.8) is 0 Å². The quantitative estimate of drug-likeness (QED) is 0.724. The second-order valence-electron chi connectivity index (χ2n) is 4.37. The first-order valence-corrected chi connectivity index (χ1v) is 5.84. The van der Waals surface area contributed by atoms with Crippen LogP contribution in [0.4, 0.5) is 11.6 Å². The minimum Gasteiger partial charge on any atom is -0.393 e. The zero-order valence-electron chi connectivity index (χ0n) is 9.61. The van der Waals surface area contributed by atoms with E-state index in [0.29, 0.717) is 5.92 Å². The van der Waals surface area contributed by atoms with Crippen molar-refractivity contribution in [2.45, 2.75) is 25.4 Å². The van der Waals surface area contributed by atoms with Gasteiger partial charge < -0.3 is 15.7 Å². The molecule has 1 heterocycles. The van der Waals surface area contributed by atoms with E-state index in [2.05, 4.69) is 15.6 Å². The average molecular weight is 221 g/mol. The van der Waals surface area contributed by atoms with E-state index in [4.69, 9.17) is 0 Å². The molecule has 0 aromatic carbocycles. The predicted octanol–water partition coefficient (Wildman–Crippen LogP) is 1.70. The van der Waals surface area contributed by atoms with Gasteiger partial charge in [-0.1, -0.05) is 6.07 Å². The number of rotatable bonds is 4. The molecule has 3 N–H and O–H groups in total. The molecule has 16 heavy (non-hydrogen) atoms. The molecule has 0 aliphatic heterocycles. The van der Waals surface area contributed by atoms with Gasteiger partial charge in [0.05, 0.1) is 6.10 Å². The van der Waals surface area contributed by atoms with Crippen LogP contribution in [0.5, 0.6) is 0 Å². The maximum atomic E-state index is 9.43. The van der Waals surface area contributed by atoms with Gasteiger partial charge in [0, 0.05) is 13.6 Å². The molecular weight excluding hydrogens is 202 g/mol. The average Bonchev–Trinajstić information content (AvgIpc) is 2.73. The van der Waals surface area contributed by atoms with E-state index in [9.17, 15) is 5.11 Å². The van der Waals surface area contributed by atoms with Crippen LogP contribution in [0.25, 0.3) is 0 Å². The maximum Gasteiger partial charge on any atom is 0.128 e. The molecule has 88 valence electrons. The van der Waals surface area contributed by atoms with E-state index in [1.807, 2.05) is 25.2 Å². The highest BCUT2D eigenvalue weighted by Crippen LogP contribution is 2.25. The standard InChI is InChI=1S/C12H19N3O/c1-13-11-3-2-4-12(15-11)14-8-9-5-6-10(16)7-9/h2-4,9-10,16H,5-8H2,1H3,(H2,13,14,15). The Morgan fingerprint density at radius 2 is 2.19 bits per heavy atom. The molecule has 1 saturated carbocycles. The van der Waals surface area contributed by atoms with Gasteiger partial charge in [-0.25, -0.2) is 4.98 Å². The third kappa shape index (κ3) is 2.85. The SMILES string of the molecule is CNc1cccc(NCC2CCC(O)C2)n1. The smallest absolute Gasteiger partial charge is 0.128 e. The number of aromatic nitrogens is 1. The Hall–Kier alpha value is -1.29. The van der Waals surface area contributed by atoms with Gasteiger partial charge in [0.1, 0.15) is 11.6 Å². The Kier molecular flexibility index (Phi) is 3.62. The summed E-state index contributed by atoms with van der Waals surface area (Å²) in [5, 5.41) is 15.8. The first-order valence-electron chi connectivity index (χ1n) is 5.84. The normalized spacial score (nSPS) is 24.4. The maximum absolute atomic E-state index is 9.43. The number of hydrogen-bond donors (Lipinski definition) is 3. The third-order valence-corrected chi connectivity index (χ3v) is 3.09. The van der Waals surface area contributed by atoms with Gasteiger partial charge in [-0.2, -0.15) is 0 Å². The highest BCUT2D eigenvalue weighted by atomic mass is 16.3. The number of aliphatic hydroxyl groups excluding tert-OH is 1. The Labute approximate surface area is 96.1 Å². The minimum absolute atomic E-state index is 0.0941. The molecule has 0 bridgehead atoms. The highest BCUT2D eigenvalue weighted by Gasteiger charge is 2.22.